The first kappa shape index (κ1) is 15.6. The maximum absolute atomic E-state index is 12.8. The first-order chi connectivity index (χ1) is 12.3. The van der Waals surface area contributed by atoms with Crippen molar-refractivity contribution in [3.8, 4) is 0 Å². The summed E-state index contributed by atoms with van der Waals surface area (Å²) in [7, 11) is 0. The smallest absolute Gasteiger partial charge is 0.274 e. The number of benzene rings is 1. The molecule has 1 aliphatic rings. The number of oxazole rings is 1. The second-order valence-electron chi connectivity index (χ2n) is 6.24. The Morgan fingerprint density at radius 2 is 2.28 bits per heavy atom. The highest BCUT2D eigenvalue weighted by Crippen LogP contribution is 2.37. The van der Waals surface area contributed by atoms with Crippen LogP contribution in [0.1, 0.15) is 52.8 Å². The van der Waals surface area contributed by atoms with Gasteiger partial charge in [-0.15, -0.1) is 0 Å². The van der Waals surface area contributed by atoms with Crippen LogP contribution in [0.5, 0.6) is 0 Å². The lowest BCUT2D eigenvalue weighted by Gasteiger charge is -2.34. The summed E-state index contributed by atoms with van der Waals surface area (Å²) in [5.41, 5.74) is 2.80. The molecule has 0 radical (unpaired) electrons. The molecule has 0 unspecified atom stereocenters. The van der Waals surface area contributed by atoms with Crippen LogP contribution in [0.15, 0.2) is 53.8 Å². The fourth-order valence-corrected chi connectivity index (χ4v) is 3.62. The first-order valence-corrected chi connectivity index (χ1v) is 8.56. The molecule has 0 aliphatic heterocycles. The molecule has 0 fully saturated rings. The molecule has 1 N–H and O–H groups in total. The molecule has 0 spiro atoms. The third-order valence-electron chi connectivity index (χ3n) is 4.86. The third kappa shape index (κ3) is 2.84. The van der Waals surface area contributed by atoms with E-state index in [4.69, 9.17) is 4.42 Å². The zero-order valence-electron chi connectivity index (χ0n) is 14.1. The average molecular weight is 336 g/mol. The highest BCUT2D eigenvalue weighted by molar-refractivity contribution is 5.93. The van der Waals surface area contributed by atoms with Crippen molar-refractivity contribution in [1.29, 1.82) is 0 Å². The molecule has 25 heavy (non-hydrogen) atoms. The number of aromatic nitrogens is 3. The fourth-order valence-electron chi connectivity index (χ4n) is 3.62. The zero-order chi connectivity index (χ0) is 17.2. The lowest BCUT2D eigenvalue weighted by molar-refractivity contribution is 0.0911. The lowest BCUT2D eigenvalue weighted by Crippen LogP contribution is -2.37. The molecule has 1 amide bonds. The molecule has 4 rings (SSSR count). The second-order valence-corrected chi connectivity index (χ2v) is 6.24. The summed E-state index contributed by atoms with van der Waals surface area (Å²) in [5.74, 6) is 0.415. The Morgan fingerprint density at radius 1 is 1.40 bits per heavy atom. The fraction of sp³-hybridized carbons (Fsp3) is 0.316. The van der Waals surface area contributed by atoms with Crippen molar-refractivity contribution in [3.05, 3.63) is 72.0 Å². The van der Waals surface area contributed by atoms with Crippen molar-refractivity contribution < 1.29 is 9.21 Å². The summed E-state index contributed by atoms with van der Waals surface area (Å²) in [6.07, 6.45) is 9.42. The van der Waals surface area contributed by atoms with Gasteiger partial charge in [0, 0.05) is 18.8 Å². The van der Waals surface area contributed by atoms with Gasteiger partial charge in [-0.25, -0.2) is 9.97 Å². The van der Waals surface area contributed by atoms with Crippen LogP contribution in [0, 0.1) is 0 Å². The second kappa shape index (κ2) is 6.55. The number of carbonyl (C=O) groups is 1. The van der Waals surface area contributed by atoms with Gasteiger partial charge in [-0.3, -0.25) is 4.79 Å². The maximum atomic E-state index is 12.8. The third-order valence-corrected chi connectivity index (χ3v) is 4.86. The number of fused-ring (bicyclic) bond motifs is 1. The number of amides is 1. The van der Waals surface area contributed by atoms with Crippen LogP contribution in [0.3, 0.4) is 0 Å². The van der Waals surface area contributed by atoms with E-state index in [0.717, 1.165) is 18.4 Å². The van der Waals surface area contributed by atoms with Crippen LogP contribution >= 0.6 is 0 Å². The molecule has 128 valence electrons. The molecular formula is C19H20N4O2. The van der Waals surface area contributed by atoms with E-state index < -0.39 is 0 Å². The topological polar surface area (TPSA) is 73.0 Å². The Bertz CT molecular complexity index is 869. The van der Waals surface area contributed by atoms with Gasteiger partial charge in [-0.2, -0.15) is 0 Å². The van der Waals surface area contributed by atoms with Crippen LogP contribution in [0.4, 0.5) is 0 Å². The van der Waals surface area contributed by atoms with E-state index >= 15 is 0 Å². The molecule has 0 bridgehead atoms. The van der Waals surface area contributed by atoms with Gasteiger partial charge in [0.1, 0.15) is 5.76 Å². The highest BCUT2D eigenvalue weighted by atomic mass is 16.3. The summed E-state index contributed by atoms with van der Waals surface area (Å²) >= 11 is 0. The monoisotopic (exact) mass is 336 g/mol. The van der Waals surface area contributed by atoms with Crippen molar-refractivity contribution >= 4 is 5.91 Å². The predicted molar refractivity (Wildman–Crippen MR) is 92.1 cm³/mol. The SMILES string of the molecule is CCc1ocnc1C(=O)N[C@H]1c2ccccc2CC[C@@H]1n1ccnc1. The normalized spacial score (nSPS) is 19.4. The molecule has 6 heteroatoms. The Labute approximate surface area is 145 Å². The summed E-state index contributed by atoms with van der Waals surface area (Å²) in [4.78, 5) is 21.1. The Balaban J connectivity index is 1.69. The van der Waals surface area contributed by atoms with Gasteiger partial charge >= 0.3 is 0 Å². The minimum atomic E-state index is -0.197. The van der Waals surface area contributed by atoms with Crippen molar-refractivity contribution in [2.45, 2.75) is 38.3 Å². The van der Waals surface area contributed by atoms with E-state index in [9.17, 15) is 4.79 Å². The van der Waals surface area contributed by atoms with Gasteiger partial charge in [0.15, 0.2) is 12.1 Å². The van der Waals surface area contributed by atoms with Crippen LogP contribution in [0.25, 0.3) is 0 Å². The minimum absolute atomic E-state index is 0.123. The van der Waals surface area contributed by atoms with E-state index in [2.05, 4.69) is 32.0 Å². The van der Waals surface area contributed by atoms with Crippen molar-refractivity contribution in [2.24, 2.45) is 0 Å². The van der Waals surface area contributed by atoms with Crippen LogP contribution in [-0.2, 0) is 12.8 Å². The standard InChI is InChI=1S/C19H20N4O2/c1-2-16-18(21-12-25-16)19(24)22-17-14-6-4-3-5-13(14)7-8-15(17)23-10-9-20-11-23/h3-6,9-12,15,17H,2,7-8H2,1H3,(H,22,24)/t15-,17-/m0/s1. The van der Waals surface area contributed by atoms with Crippen LogP contribution in [-0.4, -0.2) is 20.4 Å². The number of hydrogen-bond donors (Lipinski definition) is 1. The predicted octanol–water partition coefficient (Wildman–Crippen LogP) is 3.09. The minimum Gasteiger partial charge on any atom is -0.448 e. The molecule has 2 heterocycles. The molecule has 2 atom stereocenters. The molecule has 2 aromatic heterocycles. The molecule has 6 nitrogen and oxygen atoms in total. The maximum Gasteiger partial charge on any atom is 0.274 e. The number of imidazole rings is 1. The first-order valence-electron chi connectivity index (χ1n) is 8.56. The molecule has 1 aliphatic carbocycles. The van der Waals surface area contributed by atoms with E-state index in [0.29, 0.717) is 17.9 Å². The molecular weight excluding hydrogens is 316 g/mol. The number of carbonyl (C=O) groups excluding carboxylic acids is 1. The van der Waals surface area contributed by atoms with Gasteiger partial charge in [0.2, 0.25) is 0 Å². The summed E-state index contributed by atoms with van der Waals surface area (Å²) < 4.78 is 7.38. The number of nitrogens with one attached hydrogen (secondary N) is 1. The van der Waals surface area contributed by atoms with E-state index in [1.807, 2.05) is 31.6 Å². The number of rotatable bonds is 4. The van der Waals surface area contributed by atoms with E-state index in [1.165, 1.54) is 12.0 Å². The van der Waals surface area contributed by atoms with Crippen molar-refractivity contribution in [1.82, 2.24) is 19.9 Å². The number of hydrogen-bond acceptors (Lipinski definition) is 4. The van der Waals surface area contributed by atoms with E-state index in [1.54, 1.807) is 6.20 Å². The van der Waals surface area contributed by atoms with Gasteiger partial charge in [0.25, 0.3) is 5.91 Å². The van der Waals surface area contributed by atoms with Crippen molar-refractivity contribution in [3.63, 3.8) is 0 Å². The molecule has 3 aromatic rings. The lowest BCUT2D eigenvalue weighted by atomic mass is 9.83. The van der Waals surface area contributed by atoms with Crippen LogP contribution < -0.4 is 5.32 Å². The van der Waals surface area contributed by atoms with Gasteiger partial charge in [0.05, 0.1) is 18.4 Å². The highest BCUT2D eigenvalue weighted by Gasteiger charge is 2.32. The van der Waals surface area contributed by atoms with E-state index in [-0.39, 0.29) is 18.0 Å². The Hall–Kier alpha value is -2.89. The summed E-state index contributed by atoms with van der Waals surface area (Å²) in [5, 5.41) is 3.18. The molecule has 0 saturated carbocycles. The quantitative estimate of drug-likeness (QED) is 0.794. The van der Waals surface area contributed by atoms with Crippen LogP contribution in [0.2, 0.25) is 0 Å². The van der Waals surface area contributed by atoms with Gasteiger partial charge < -0.3 is 14.3 Å². The largest absolute Gasteiger partial charge is 0.448 e. The average Bonchev–Trinajstić information content (AvgIpc) is 3.33. The van der Waals surface area contributed by atoms with Gasteiger partial charge in [-0.05, 0) is 24.0 Å². The van der Waals surface area contributed by atoms with Crippen molar-refractivity contribution in [2.75, 3.05) is 0 Å². The van der Waals surface area contributed by atoms with Gasteiger partial charge in [-0.1, -0.05) is 31.2 Å². The number of aryl methyl sites for hydroxylation is 2. The Kier molecular flexibility index (Phi) is 4.09. The molecule has 0 saturated heterocycles. The summed E-state index contributed by atoms with van der Waals surface area (Å²) in [6.45, 7) is 1.95. The number of nitrogens with zero attached hydrogens (tertiary/aromatic N) is 3. The Morgan fingerprint density at radius 3 is 3.08 bits per heavy atom. The summed E-state index contributed by atoms with van der Waals surface area (Å²) in [6, 6.07) is 8.27. The zero-order valence-corrected chi connectivity index (χ0v) is 14.1. The molecule has 1 aromatic carbocycles.